The summed E-state index contributed by atoms with van der Waals surface area (Å²) in [5.74, 6) is -4.01. The number of hydrogen-bond donors (Lipinski definition) is 4. The van der Waals surface area contributed by atoms with E-state index >= 15 is 0 Å². The summed E-state index contributed by atoms with van der Waals surface area (Å²) in [6.07, 6.45) is -1.16. The lowest BCUT2D eigenvalue weighted by Crippen LogP contribution is -2.58. The fourth-order valence-corrected chi connectivity index (χ4v) is 4.37. The molecule has 262 valence electrons. The molecule has 2 rings (SSSR count). The second-order valence-corrected chi connectivity index (χ2v) is 12.4. The van der Waals surface area contributed by atoms with Crippen molar-refractivity contribution in [3.8, 4) is 0 Å². The summed E-state index contributed by atoms with van der Waals surface area (Å²) in [5.41, 5.74) is 6.27. The zero-order chi connectivity index (χ0) is 35.7. The number of nitrogens with two attached hydrogens (primary N) is 1. The van der Waals surface area contributed by atoms with Crippen LogP contribution in [0.3, 0.4) is 0 Å². The van der Waals surface area contributed by atoms with Gasteiger partial charge in [0, 0.05) is 12.8 Å². The van der Waals surface area contributed by atoms with Crippen LogP contribution in [0.2, 0.25) is 0 Å². The Kier molecular flexibility index (Phi) is 16.1. The number of carbonyl (C=O) groups is 6. The number of carbonyl (C=O) groups excluding carboxylic acids is 6. The van der Waals surface area contributed by atoms with Crippen LogP contribution in [-0.2, 0) is 51.4 Å². The topological polar surface area (TPSA) is 192 Å². The van der Waals surface area contributed by atoms with Crippen LogP contribution < -0.4 is 21.7 Å². The van der Waals surface area contributed by atoms with E-state index in [2.05, 4.69) is 16.0 Å². The molecule has 0 bridgehead atoms. The van der Waals surface area contributed by atoms with Crippen LogP contribution in [0.25, 0.3) is 0 Å². The number of benzene rings is 2. The average molecular weight is 669 g/mol. The molecule has 0 aromatic heterocycles. The van der Waals surface area contributed by atoms with Gasteiger partial charge in [-0.3, -0.25) is 24.0 Å². The first-order valence-electron chi connectivity index (χ1n) is 16.0. The van der Waals surface area contributed by atoms with Gasteiger partial charge in [0.25, 0.3) is 0 Å². The normalized spacial score (nSPS) is 13.5. The predicted octanol–water partition coefficient (Wildman–Crippen LogP) is 3.43. The van der Waals surface area contributed by atoms with Crippen molar-refractivity contribution >= 4 is 35.8 Å². The summed E-state index contributed by atoms with van der Waals surface area (Å²) in [6, 6.07) is 14.3. The van der Waals surface area contributed by atoms with Gasteiger partial charge < -0.3 is 35.9 Å². The summed E-state index contributed by atoms with van der Waals surface area (Å²) in [5, 5.41) is 7.66. The first-order valence-corrected chi connectivity index (χ1v) is 16.0. The van der Waals surface area contributed by atoms with Gasteiger partial charge in [-0.15, -0.1) is 0 Å². The Morgan fingerprint density at radius 2 is 1.17 bits per heavy atom. The van der Waals surface area contributed by atoms with Crippen LogP contribution in [0.4, 0.5) is 4.79 Å². The molecular weight excluding hydrogens is 620 g/mol. The van der Waals surface area contributed by atoms with Crippen molar-refractivity contribution in [3.63, 3.8) is 0 Å². The molecule has 0 heterocycles. The van der Waals surface area contributed by atoms with E-state index in [9.17, 15) is 28.8 Å². The maximum absolute atomic E-state index is 13.5. The molecule has 0 saturated carbocycles. The summed E-state index contributed by atoms with van der Waals surface area (Å²) in [4.78, 5) is 76.8. The number of alkyl carbamates (subject to hydrolysis) is 1. The number of esters is 2. The number of hydrogen-bond acceptors (Lipinski definition) is 9. The summed E-state index contributed by atoms with van der Waals surface area (Å²) < 4.78 is 15.9. The minimum absolute atomic E-state index is 0.0168. The molecule has 4 atom stereocenters. The average Bonchev–Trinajstić information content (AvgIpc) is 3.04. The van der Waals surface area contributed by atoms with Crippen molar-refractivity contribution in [2.45, 2.75) is 104 Å². The van der Waals surface area contributed by atoms with E-state index in [1.54, 1.807) is 76.2 Å². The van der Waals surface area contributed by atoms with E-state index in [1.807, 2.05) is 19.1 Å². The van der Waals surface area contributed by atoms with Crippen molar-refractivity contribution in [1.29, 1.82) is 0 Å². The van der Waals surface area contributed by atoms with Gasteiger partial charge in [-0.05, 0) is 50.7 Å². The Morgan fingerprint density at radius 3 is 1.60 bits per heavy atom. The van der Waals surface area contributed by atoms with E-state index in [-0.39, 0.29) is 44.8 Å². The quantitative estimate of drug-likeness (QED) is 0.136. The fraction of sp³-hybridized carbons (Fsp3) is 0.486. The van der Waals surface area contributed by atoms with E-state index < -0.39 is 59.5 Å². The highest BCUT2D eigenvalue weighted by molar-refractivity contribution is 5.94. The first-order chi connectivity index (χ1) is 22.7. The maximum atomic E-state index is 13.5. The van der Waals surface area contributed by atoms with Crippen LogP contribution in [-0.4, -0.2) is 59.5 Å². The highest BCUT2D eigenvalue weighted by Crippen LogP contribution is 2.13. The predicted molar refractivity (Wildman–Crippen MR) is 177 cm³/mol. The number of primary amides is 1. The molecule has 13 nitrogen and oxygen atoms in total. The van der Waals surface area contributed by atoms with Crippen molar-refractivity contribution in [2.75, 3.05) is 0 Å². The zero-order valence-corrected chi connectivity index (χ0v) is 28.3. The molecule has 13 heteroatoms. The number of nitrogens with one attached hydrogen (secondary N) is 3. The minimum Gasteiger partial charge on any atom is -0.461 e. The Hall–Kier alpha value is -4.94. The molecule has 4 amide bonds. The van der Waals surface area contributed by atoms with Crippen molar-refractivity contribution in [2.24, 2.45) is 11.7 Å². The molecular formula is C35H48N4O9. The third-order valence-corrected chi connectivity index (χ3v) is 7.22. The highest BCUT2D eigenvalue weighted by Gasteiger charge is 2.33. The third kappa shape index (κ3) is 15.1. The Bertz CT molecular complexity index is 1360. The van der Waals surface area contributed by atoms with E-state index in [0.717, 1.165) is 11.1 Å². The van der Waals surface area contributed by atoms with Gasteiger partial charge in [-0.1, -0.05) is 80.9 Å². The lowest BCUT2D eigenvalue weighted by molar-refractivity contribution is -0.146. The van der Waals surface area contributed by atoms with E-state index in [1.165, 1.54) is 0 Å². The molecule has 0 spiro atoms. The van der Waals surface area contributed by atoms with Gasteiger partial charge in [0.1, 0.15) is 36.9 Å². The van der Waals surface area contributed by atoms with Gasteiger partial charge in [-0.25, -0.2) is 4.79 Å². The zero-order valence-electron chi connectivity index (χ0n) is 28.3. The molecule has 0 aliphatic heterocycles. The molecule has 0 fully saturated rings. The maximum Gasteiger partial charge on any atom is 0.408 e. The molecule has 0 aliphatic rings. The molecule has 2 aromatic rings. The smallest absolute Gasteiger partial charge is 0.408 e. The van der Waals surface area contributed by atoms with Crippen molar-refractivity contribution in [3.05, 3.63) is 71.8 Å². The van der Waals surface area contributed by atoms with Crippen LogP contribution in [0, 0.1) is 5.92 Å². The van der Waals surface area contributed by atoms with E-state index in [4.69, 9.17) is 19.9 Å². The summed E-state index contributed by atoms with van der Waals surface area (Å²) in [7, 11) is 0. The van der Waals surface area contributed by atoms with Gasteiger partial charge in [0.15, 0.2) is 0 Å². The van der Waals surface area contributed by atoms with Crippen LogP contribution in [0.5, 0.6) is 0 Å². The lowest BCUT2D eigenvalue weighted by atomic mass is 9.97. The Labute approximate surface area is 281 Å². The van der Waals surface area contributed by atoms with Gasteiger partial charge >= 0.3 is 18.0 Å². The second kappa shape index (κ2) is 19.7. The lowest BCUT2D eigenvalue weighted by Gasteiger charge is -2.28. The molecule has 0 saturated heterocycles. The molecule has 5 N–H and O–H groups in total. The Balaban J connectivity index is 2.14. The van der Waals surface area contributed by atoms with Gasteiger partial charge in [0.2, 0.25) is 17.7 Å². The largest absolute Gasteiger partial charge is 0.461 e. The molecule has 0 unspecified atom stereocenters. The first kappa shape index (κ1) is 39.2. The van der Waals surface area contributed by atoms with Gasteiger partial charge in [0.05, 0.1) is 0 Å². The van der Waals surface area contributed by atoms with Crippen molar-refractivity contribution < 1.29 is 43.0 Å². The molecule has 0 radical (unpaired) electrons. The Morgan fingerprint density at radius 1 is 0.708 bits per heavy atom. The third-order valence-electron chi connectivity index (χ3n) is 7.22. The number of ether oxygens (including phenoxy) is 3. The highest BCUT2D eigenvalue weighted by atomic mass is 16.6. The minimum atomic E-state index is -1.33. The van der Waals surface area contributed by atoms with Crippen LogP contribution in [0.1, 0.15) is 77.8 Å². The van der Waals surface area contributed by atoms with Crippen LogP contribution in [0.15, 0.2) is 60.7 Å². The molecule has 0 aliphatic carbocycles. The monoisotopic (exact) mass is 668 g/mol. The van der Waals surface area contributed by atoms with Crippen molar-refractivity contribution in [1.82, 2.24) is 16.0 Å². The standard InChI is InChI=1S/C35H48N4O9/c1-6-23(2)30(39-34(45)48-35(3,4)5)33(44)38-27(18-20-29(41)47-22-25-15-11-8-12-16-25)32(43)37-26(31(36)42)17-19-28(40)46-21-24-13-9-7-10-14-24/h7-16,23,26-27,30H,6,17-22H2,1-5H3,(H2,36,42)(H,37,43)(H,38,44)(H,39,45)/t23-,26-,27+,30-/m0/s1. The van der Waals surface area contributed by atoms with Gasteiger partial charge in [-0.2, -0.15) is 0 Å². The van der Waals surface area contributed by atoms with Crippen LogP contribution >= 0.6 is 0 Å². The fourth-order valence-electron chi connectivity index (χ4n) is 4.37. The summed E-state index contributed by atoms with van der Waals surface area (Å²) in [6.45, 7) is 8.68. The SMILES string of the molecule is CC[C@H](C)[C@H](NC(=O)OC(C)(C)C)C(=O)N[C@H](CCC(=O)OCc1ccccc1)C(=O)N[C@@H](CCC(=O)OCc1ccccc1)C(N)=O. The van der Waals surface area contributed by atoms with E-state index in [0.29, 0.717) is 6.42 Å². The second-order valence-electron chi connectivity index (χ2n) is 12.4. The number of amides is 4. The summed E-state index contributed by atoms with van der Waals surface area (Å²) >= 11 is 0. The number of rotatable bonds is 18. The molecule has 2 aromatic carbocycles. The molecule has 48 heavy (non-hydrogen) atoms.